The van der Waals surface area contributed by atoms with Gasteiger partial charge in [0.1, 0.15) is 21.0 Å². The van der Waals surface area contributed by atoms with Crippen LogP contribution in [0.4, 0.5) is 10.2 Å². The first-order valence-electron chi connectivity index (χ1n) is 9.82. The molecule has 1 heterocycles. The Labute approximate surface area is 199 Å². The summed E-state index contributed by atoms with van der Waals surface area (Å²) in [7, 11) is -4.01. The molecule has 0 aliphatic rings. The Morgan fingerprint density at radius 3 is 2.44 bits per heavy atom. The second kappa shape index (κ2) is 11.6. The van der Waals surface area contributed by atoms with Crippen LogP contribution in [0.5, 0.6) is 0 Å². The minimum absolute atomic E-state index is 0.0428. The highest BCUT2D eigenvalue weighted by atomic mass is 79.9. The fraction of sp³-hybridized carbons (Fsp3) is 0.450. The van der Waals surface area contributed by atoms with Gasteiger partial charge in [0, 0.05) is 4.90 Å². The Hall–Kier alpha value is -1.52. The third-order valence-corrected chi connectivity index (χ3v) is 7.21. The van der Waals surface area contributed by atoms with Gasteiger partial charge < -0.3 is 19.1 Å². The van der Waals surface area contributed by atoms with Gasteiger partial charge in [0.05, 0.1) is 19.4 Å². The molecule has 0 amide bonds. The van der Waals surface area contributed by atoms with Gasteiger partial charge >= 0.3 is 13.6 Å². The van der Waals surface area contributed by atoms with Crippen molar-refractivity contribution in [2.45, 2.75) is 55.9 Å². The van der Waals surface area contributed by atoms with E-state index in [1.807, 2.05) is 0 Å². The summed E-state index contributed by atoms with van der Waals surface area (Å²) in [4.78, 5) is 21.9. The van der Waals surface area contributed by atoms with Crippen molar-refractivity contribution in [1.29, 1.82) is 0 Å². The molecule has 1 atom stereocenters. The van der Waals surface area contributed by atoms with E-state index >= 15 is 0 Å². The van der Waals surface area contributed by atoms with Crippen LogP contribution in [0.25, 0.3) is 0 Å². The van der Waals surface area contributed by atoms with Gasteiger partial charge in [-0.05, 0) is 62.7 Å². The number of halogens is 2. The molecule has 2 aromatic rings. The standard InChI is InChI=1S/C20H26BrFN3O5PS/c1-6-28-31(27,29-7-2)17(19(26)30-20(3,4)5)25-16-18(24-15(21)12-23-16)32-14-11-9-8-10-13(14)22/h8-12,17H,6-7H2,1-5H3,(H,23,25). The summed E-state index contributed by atoms with van der Waals surface area (Å²) in [6.45, 7) is 8.42. The first-order valence-corrected chi connectivity index (χ1v) is 13.0. The Kier molecular flexibility index (Phi) is 9.66. The molecule has 8 nitrogen and oxygen atoms in total. The highest BCUT2D eigenvalue weighted by molar-refractivity contribution is 9.10. The highest BCUT2D eigenvalue weighted by Crippen LogP contribution is 2.54. The Morgan fingerprint density at radius 2 is 1.88 bits per heavy atom. The average Bonchev–Trinajstić information content (AvgIpc) is 2.68. The Balaban J connectivity index is 2.49. The number of rotatable bonds is 10. The molecule has 0 spiro atoms. The van der Waals surface area contributed by atoms with Crippen molar-refractivity contribution < 1.29 is 27.5 Å². The van der Waals surface area contributed by atoms with Crippen LogP contribution < -0.4 is 5.32 Å². The molecule has 0 bridgehead atoms. The zero-order chi connectivity index (χ0) is 23.9. The zero-order valence-corrected chi connectivity index (χ0v) is 21.7. The number of aromatic nitrogens is 2. The van der Waals surface area contributed by atoms with E-state index in [1.54, 1.807) is 52.8 Å². The topological polar surface area (TPSA) is 99.6 Å². The van der Waals surface area contributed by atoms with Crippen molar-refractivity contribution >= 4 is 47.1 Å². The lowest BCUT2D eigenvalue weighted by atomic mass is 10.2. The van der Waals surface area contributed by atoms with Gasteiger partial charge in [-0.1, -0.05) is 23.9 Å². The van der Waals surface area contributed by atoms with Gasteiger partial charge in [-0.3, -0.25) is 4.57 Å². The van der Waals surface area contributed by atoms with E-state index in [9.17, 15) is 13.8 Å². The number of ether oxygens (including phenoxy) is 1. The predicted octanol–water partition coefficient (Wildman–Crippen LogP) is 5.88. The van der Waals surface area contributed by atoms with E-state index < -0.39 is 30.8 Å². The number of hydrogen-bond acceptors (Lipinski definition) is 9. The summed E-state index contributed by atoms with van der Waals surface area (Å²) in [5, 5.41) is 3.07. The maximum atomic E-state index is 14.2. The number of nitrogens with one attached hydrogen (secondary N) is 1. The van der Waals surface area contributed by atoms with Crippen molar-refractivity contribution in [1.82, 2.24) is 9.97 Å². The van der Waals surface area contributed by atoms with Crippen LogP contribution in [0.3, 0.4) is 0 Å². The minimum atomic E-state index is -4.01. The van der Waals surface area contributed by atoms with E-state index in [0.29, 0.717) is 9.50 Å². The second-order valence-electron chi connectivity index (χ2n) is 7.33. The van der Waals surface area contributed by atoms with Gasteiger partial charge in [-0.25, -0.2) is 19.2 Å². The van der Waals surface area contributed by atoms with Crippen molar-refractivity contribution in [3.05, 3.63) is 40.9 Å². The van der Waals surface area contributed by atoms with Crippen LogP contribution in [-0.2, 0) is 23.1 Å². The molecule has 0 fully saturated rings. The summed E-state index contributed by atoms with van der Waals surface area (Å²) < 4.78 is 44.3. The largest absolute Gasteiger partial charge is 0.458 e. The molecular formula is C20H26BrFN3O5PS. The molecule has 1 aromatic heterocycles. The lowest BCUT2D eigenvalue weighted by molar-refractivity contribution is -0.154. The molecule has 1 N–H and O–H groups in total. The van der Waals surface area contributed by atoms with E-state index in [4.69, 9.17) is 13.8 Å². The summed E-state index contributed by atoms with van der Waals surface area (Å²) in [6.07, 6.45) is 1.40. The highest BCUT2D eigenvalue weighted by Gasteiger charge is 2.44. The number of anilines is 1. The first kappa shape index (κ1) is 26.7. The fourth-order valence-corrected chi connectivity index (χ4v) is 5.41. The SMILES string of the molecule is CCOP(=O)(OCC)C(Nc1ncc(Br)nc1Sc1ccccc1F)C(=O)OC(C)(C)C. The van der Waals surface area contributed by atoms with Crippen LogP contribution in [0.15, 0.2) is 45.0 Å². The summed E-state index contributed by atoms with van der Waals surface area (Å²) in [5.41, 5.74) is -0.851. The van der Waals surface area contributed by atoms with Gasteiger partial charge in [-0.15, -0.1) is 0 Å². The first-order chi connectivity index (χ1) is 15.0. The monoisotopic (exact) mass is 549 g/mol. The normalized spacial score (nSPS) is 13.0. The van der Waals surface area contributed by atoms with Gasteiger partial charge in [-0.2, -0.15) is 0 Å². The van der Waals surface area contributed by atoms with Crippen LogP contribution >= 0.6 is 35.3 Å². The molecule has 2 rings (SSSR count). The Morgan fingerprint density at radius 1 is 1.25 bits per heavy atom. The molecule has 32 heavy (non-hydrogen) atoms. The van der Waals surface area contributed by atoms with Crippen molar-refractivity contribution in [2.75, 3.05) is 18.5 Å². The van der Waals surface area contributed by atoms with Crippen LogP contribution in [0.1, 0.15) is 34.6 Å². The van der Waals surface area contributed by atoms with Gasteiger partial charge in [0.2, 0.25) is 5.78 Å². The molecule has 0 saturated carbocycles. The minimum Gasteiger partial charge on any atom is -0.458 e. The number of benzene rings is 1. The second-order valence-corrected chi connectivity index (χ2v) is 11.3. The number of esters is 1. The van der Waals surface area contributed by atoms with Crippen LogP contribution in [0, 0.1) is 5.82 Å². The van der Waals surface area contributed by atoms with Crippen LogP contribution in [0.2, 0.25) is 0 Å². The van der Waals surface area contributed by atoms with E-state index in [2.05, 4.69) is 31.2 Å². The predicted molar refractivity (Wildman–Crippen MR) is 124 cm³/mol. The third kappa shape index (κ3) is 7.52. The molecular weight excluding hydrogens is 524 g/mol. The fourth-order valence-electron chi connectivity index (χ4n) is 2.45. The number of hydrogen-bond donors (Lipinski definition) is 1. The smallest absolute Gasteiger partial charge is 0.364 e. The number of carbonyl (C=O) groups excluding carboxylic acids is 1. The third-order valence-electron chi connectivity index (χ3n) is 3.59. The molecule has 1 unspecified atom stereocenters. The lowest BCUT2D eigenvalue weighted by Crippen LogP contribution is -2.38. The van der Waals surface area contributed by atoms with Gasteiger partial charge in [0.15, 0.2) is 5.82 Å². The number of carbonyl (C=O) groups is 1. The van der Waals surface area contributed by atoms with Crippen molar-refractivity contribution in [3.63, 3.8) is 0 Å². The summed E-state index contributed by atoms with van der Waals surface area (Å²) in [6, 6.07) is 6.17. The molecule has 0 aliphatic carbocycles. The van der Waals surface area contributed by atoms with E-state index in [0.717, 1.165) is 11.8 Å². The Bertz CT molecular complexity index is 982. The van der Waals surface area contributed by atoms with Crippen LogP contribution in [-0.4, -0.2) is 40.5 Å². The molecule has 176 valence electrons. The summed E-state index contributed by atoms with van der Waals surface area (Å²) in [5.74, 6) is -2.70. The molecule has 0 saturated heterocycles. The van der Waals surface area contributed by atoms with E-state index in [-0.39, 0.29) is 24.1 Å². The molecule has 0 aliphatic heterocycles. The van der Waals surface area contributed by atoms with Gasteiger partial charge in [0.25, 0.3) is 0 Å². The average molecular weight is 550 g/mol. The maximum absolute atomic E-state index is 14.2. The summed E-state index contributed by atoms with van der Waals surface area (Å²) >= 11 is 4.24. The molecule has 12 heteroatoms. The number of nitrogens with zero attached hydrogens (tertiary/aromatic N) is 2. The van der Waals surface area contributed by atoms with E-state index in [1.165, 1.54) is 12.3 Å². The maximum Gasteiger partial charge on any atom is 0.364 e. The van der Waals surface area contributed by atoms with Crippen molar-refractivity contribution in [2.24, 2.45) is 0 Å². The van der Waals surface area contributed by atoms with Crippen molar-refractivity contribution in [3.8, 4) is 0 Å². The molecule has 1 aromatic carbocycles. The quantitative estimate of drug-likeness (QED) is 0.287. The zero-order valence-electron chi connectivity index (χ0n) is 18.4. The molecule has 0 radical (unpaired) electrons. The lowest BCUT2D eigenvalue weighted by Gasteiger charge is -2.29.